The van der Waals surface area contributed by atoms with E-state index in [9.17, 15) is 8.42 Å². The zero-order valence-electron chi connectivity index (χ0n) is 8.76. The van der Waals surface area contributed by atoms with Crippen LogP contribution in [0.5, 0.6) is 0 Å². The maximum atomic E-state index is 11.8. The first kappa shape index (κ1) is 11.0. The van der Waals surface area contributed by atoms with E-state index in [1.165, 1.54) is 4.31 Å². The molecule has 1 aromatic carbocycles. The average molecular weight is 236 g/mol. The number of anilines is 1. The van der Waals surface area contributed by atoms with E-state index < -0.39 is 10.0 Å². The van der Waals surface area contributed by atoms with Gasteiger partial charge in [0.1, 0.15) is 0 Å². The van der Waals surface area contributed by atoms with Gasteiger partial charge in [-0.2, -0.15) is 5.26 Å². The number of nitriles is 1. The van der Waals surface area contributed by atoms with Crippen LogP contribution >= 0.6 is 0 Å². The van der Waals surface area contributed by atoms with E-state index in [0.29, 0.717) is 17.8 Å². The van der Waals surface area contributed by atoms with E-state index in [1.807, 2.05) is 6.07 Å². The summed E-state index contributed by atoms with van der Waals surface area (Å²) in [6.45, 7) is 0.511. The Morgan fingerprint density at radius 1 is 1.31 bits per heavy atom. The molecule has 1 aromatic rings. The van der Waals surface area contributed by atoms with Crippen molar-refractivity contribution in [2.75, 3.05) is 16.6 Å². The van der Waals surface area contributed by atoms with Crippen molar-refractivity contribution in [3.63, 3.8) is 0 Å². The second kappa shape index (κ2) is 4.14. The highest BCUT2D eigenvalue weighted by Gasteiger charge is 2.25. The highest BCUT2D eigenvalue weighted by atomic mass is 32.2. The molecule has 1 saturated heterocycles. The summed E-state index contributed by atoms with van der Waals surface area (Å²) < 4.78 is 25.0. The van der Waals surface area contributed by atoms with Gasteiger partial charge in [-0.05, 0) is 31.0 Å². The summed E-state index contributed by atoms with van der Waals surface area (Å²) in [6, 6.07) is 8.73. The quantitative estimate of drug-likeness (QED) is 0.742. The Bertz CT molecular complexity index is 531. The lowest BCUT2D eigenvalue weighted by Crippen LogP contribution is -2.37. The molecule has 5 heteroatoms. The zero-order valence-corrected chi connectivity index (χ0v) is 9.57. The fraction of sp³-hybridized carbons (Fsp3) is 0.364. The summed E-state index contributed by atoms with van der Waals surface area (Å²) in [5, 5.41) is 8.77. The van der Waals surface area contributed by atoms with Crippen LogP contribution in [0.2, 0.25) is 0 Å². The first-order chi connectivity index (χ1) is 7.63. The number of benzene rings is 1. The van der Waals surface area contributed by atoms with Crippen LogP contribution in [-0.4, -0.2) is 20.7 Å². The first-order valence-corrected chi connectivity index (χ1v) is 6.75. The maximum Gasteiger partial charge on any atom is 0.235 e. The van der Waals surface area contributed by atoms with Gasteiger partial charge in [0.15, 0.2) is 0 Å². The van der Waals surface area contributed by atoms with Crippen LogP contribution < -0.4 is 4.31 Å². The van der Waals surface area contributed by atoms with Gasteiger partial charge < -0.3 is 0 Å². The van der Waals surface area contributed by atoms with Crippen LogP contribution in [0.25, 0.3) is 0 Å². The van der Waals surface area contributed by atoms with Gasteiger partial charge in [0.2, 0.25) is 10.0 Å². The van der Waals surface area contributed by atoms with Crippen molar-refractivity contribution in [1.29, 1.82) is 5.26 Å². The van der Waals surface area contributed by atoms with Crippen LogP contribution in [-0.2, 0) is 10.0 Å². The van der Waals surface area contributed by atoms with Gasteiger partial charge in [-0.15, -0.1) is 0 Å². The molecule has 1 heterocycles. The van der Waals surface area contributed by atoms with Crippen LogP contribution in [0.4, 0.5) is 5.69 Å². The highest BCUT2D eigenvalue weighted by molar-refractivity contribution is 7.92. The van der Waals surface area contributed by atoms with Crippen molar-refractivity contribution in [3.05, 3.63) is 29.8 Å². The van der Waals surface area contributed by atoms with Gasteiger partial charge >= 0.3 is 0 Å². The summed E-state index contributed by atoms with van der Waals surface area (Å²) in [4.78, 5) is 0. The molecule has 2 rings (SSSR count). The third-order valence-electron chi connectivity index (χ3n) is 2.61. The predicted octanol–water partition coefficient (Wildman–Crippen LogP) is 1.49. The lowest BCUT2D eigenvalue weighted by atomic mass is 10.2. The molecule has 0 amide bonds. The van der Waals surface area contributed by atoms with Crippen LogP contribution in [0, 0.1) is 11.3 Å². The molecule has 0 spiro atoms. The lowest BCUT2D eigenvalue weighted by Gasteiger charge is -2.28. The molecule has 0 aromatic heterocycles. The molecule has 1 fully saturated rings. The van der Waals surface area contributed by atoms with E-state index in [1.54, 1.807) is 24.3 Å². The van der Waals surface area contributed by atoms with Crippen molar-refractivity contribution in [1.82, 2.24) is 0 Å². The highest BCUT2D eigenvalue weighted by Crippen LogP contribution is 2.23. The largest absolute Gasteiger partial charge is 0.270 e. The fourth-order valence-corrected chi connectivity index (χ4v) is 3.44. The molecule has 0 atom stereocenters. The topological polar surface area (TPSA) is 61.2 Å². The third-order valence-corrected chi connectivity index (χ3v) is 4.48. The molecule has 1 aliphatic heterocycles. The minimum Gasteiger partial charge on any atom is -0.270 e. The van der Waals surface area contributed by atoms with Gasteiger partial charge in [0, 0.05) is 6.54 Å². The fourth-order valence-electron chi connectivity index (χ4n) is 1.81. The van der Waals surface area contributed by atoms with Crippen LogP contribution in [0.1, 0.15) is 18.4 Å². The summed E-state index contributed by atoms with van der Waals surface area (Å²) in [6.07, 6.45) is 1.59. The van der Waals surface area contributed by atoms with E-state index >= 15 is 0 Å². The van der Waals surface area contributed by atoms with Crippen molar-refractivity contribution >= 4 is 15.7 Å². The number of hydrogen-bond acceptors (Lipinski definition) is 3. The van der Waals surface area contributed by atoms with Crippen molar-refractivity contribution in [2.45, 2.75) is 12.8 Å². The molecule has 84 valence electrons. The zero-order chi connectivity index (χ0) is 11.6. The van der Waals surface area contributed by atoms with Gasteiger partial charge in [0.05, 0.1) is 23.1 Å². The Hall–Kier alpha value is -1.54. The van der Waals surface area contributed by atoms with Crippen molar-refractivity contribution < 1.29 is 8.42 Å². The molecule has 16 heavy (non-hydrogen) atoms. The minimum atomic E-state index is -3.18. The summed E-state index contributed by atoms with van der Waals surface area (Å²) in [5.41, 5.74) is 1.08. The molecule has 0 unspecified atom stereocenters. The monoisotopic (exact) mass is 236 g/mol. The predicted molar refractivity (Wildman–Crippen MR) is 61.5 cm³/mol. The molecule has 0 aliphatic carbocycles. The number of nitrogens with zero attached hydrogens (tertiary/aromatic N) is 2. The van der Waals surface area contributed by atoms with Crippen molar-refractivity contribution in [3.8, 4) is 6.07 Å². The smallest absolute Gasteiger partial charge is 0.235 e. The Morgan fingerprint density at radius 2 is 2.12 bits per heavy atom. The Balaban J connectivity index is 2.40. The average Bonchev–Trinajstić information content (AvgIpc) is 2.28. The SMILES string of the molecule is N#Cc1cccc(N2CCCCS2(=O)=O)c1. The molecule has 0 radical (unpaired) electrons. The van der Waals surface area contributed by atoms with E-state index in [2.05, 4.69) is 0 Å². The number of rotatable bonds is 1. The maximum absolute atomic E-state index is 11.8. The third kappa shape index (κ3) is 2.02. The Morgan fingerprint density at radius 3 is 2.81 bits per heavy atom. The van der Waals surface area contributed by atoms with Gasteiger partial charge in [-0.25, -0.2) is 8.42 Å². The molecular weight excluding hydrogens is 224 g/mol. The van der Waals surface area contributed by atoms with Crippen molar-refractivity contribution in [2.24, 2.45) is 0 Å². The molecule has 0 saturated carbocycles. The molecule has 4 nitrogen and oxygen atoms in total. The summed E-state index contributed by atoms with van der Waals surface area (Å²) in [5.74, 6) is 0.198. The molecule has 1 aliphatic rings. The van der Waals surface area contributed by atoms with Gasteiger partial charge in [-0.1, -0.05) is 6.07 Å². The standard InChI is InChI=1S/C11H12N2O2S/c12-9-10-4-3-5-11(8-10)13-6-1-2-7-16(13,14)15/h3-5,8H,1-2,6-7H2. The normalized spacial score (nSPS) is 19.1. The van der Waals surface area contributed by atoms with E-state index in [0.717, 1.165) is 12.8 Å². The van der Waals surface area contributed by atoms with Crippen LogP contribution in [0.3, 0.4) is 0 Å². The second-order valence-electron chi connectivity index (χ2n) is 3.76. The lowest BCUT2D eigenvalue weighted by molar-refractivity contribution is 0.574. The summed E-state index contributed by atoms with van der Waals surface area (Å²) >= 11 is 0. The number of hydrogen-bond donors (Lipinski definition) is 0. The Kier molecular flexibility index (Phi) is 2.84. The Labute approximate surface area is 95.2 Å². The van der Waals surface area contributed by atoms with E-state index in [-0.39, 0.29) is 5.75 Å². The minimum absolute atomic E-state index is 0.198. The van der Waals surface area contributed by atoms with Gasteiger partial charge in [-0.3, -0.25) is 4.31 Å². The molecule has 0 N–H and O–H groups in total. The first-order valence-electron chi connectivity index (χ1n) is 5.14. The number of sulfonamides is 1. The van der Waals surface area contributed by atoms with E-state index in [4.69, 9.17) is 5.26 Å². The summed E-state index contributed by atoms with van der Waals surface area (Å²) in [7, 11) is -3.18. The van der Waals surface area contributed by atoms with Gasteiger partial charge in [0.25, 0.3) is 0 Å². The molecule has 0 bridgehead atoms. The second-order valence-corrected chi connectivity index (χ2v) is 5.77. The van der Waals surface area contributed by atoms with Crippen LogP contribution in [0.15, 0.2) is 24.3 Å². The molecular formula is C11H12N2O2S.